The van der Waals surface area contributed by atoms with Crippen LogP contribution in [0.3, 0.4) is 0 Å². The number of Topliss-reactive ketones (excluding diaryl/α,β-unsaturated/α-hetero) is 1. The van der Waals surface area contributed by atoms with Gasteiger partial charge in [-0.15, -0.1) is 0 Å². The molecule has 2 aliphatic heterocycles. The minimum absolute atomic E-state index is 0.0952. The first-order chi connectivity index (χ1) is 14.4. The third kappa shape index (κ3) is 4.12. The first kappa shape index (κ1) is 20.6. The fourth-order valence-electron chi connectivity index (χ4n) is 4.99. The molecular weight excluding hydrogens is 378 g/mol. The zero-order valence-electron chi connectivity index (χ0n) is 17.9. The van der Waals surface area contributed by atoms with Crippen molar-refractivity contribution in [2.24, 2.45) is 5.92 Å². The average Bonchev–Trinajstić information content (AvgIpc) is 2.71. The predicted octanol–water partition coefficient (Wildman–Crippen LogP) is 4.61. The van der Waals surface area contributed by atoms with Crippen molar-refractivity contribution in [2.45, 2.75) is 52.3 Å². The predicted molar refractivity (Wildman–Crippen MR) is 115 cm³/mol. The maximum atomic E-state index is 13.4. The van der Waals surface area contributed by atoms with E-state index in [0.29, 0.717) is 26.1 Å². The number of nitrogens with zero attached hydrogens (tertiary/aromatic N) is 1. The molecule has 30 heavy (non-hydrogen) atoms. The molecule has 2 fully saturated rings. The Labute approximate surface area is 178 Å². The number of benzene rings is 2. The summed E-state index contributed by atoms with van der Waals surface area (Å²) < 4.78 is 11.3. The highest BCUT2D eigenvalue weighted by molar-refractivity contribution is 6.00. The maximum Gasteiger partial charge on any atom is 0.410 e. The monoisotopic (exact) mass is 407 g/mol. The quantitative estimate of drug-likeness (QED) is 0.695. The van der Waals surface area contributed by atoms with Gasteiger partial charge in [0.15, 0.2) is 5.78 Å². The molecule has 0 saturated carbocycles. The van der Waals surface area contributed by atoms with Crippen LogP contribution in [0.5, 0.6) is 0 Å². The van der Waals surface area contributed by atoms with Gasteiger partial charge in [0.1, 0.15) is 6.61 Å². The van der Waals surface area contributed by atoms with Gasteiger partial charge < -0.3 is 9.47 Å². The van der Waals surface area contributed by atoms with E-state index >= 15 is 0 Å². The number of rotatable bonds is 4. The van der Waals surface area contributed by atoms with Crippen LogP contribution in [0.15, 0.2) is 42.5 Å². The van der Waals surface area contributed by atoms with E-state index in [2.05, 4.69) is 19.1 Å². The number of carbonyl (C=O) groups is 2. The van der Waals surface area contributed by atoms with Gasteiger partial charge in [-0.25, -0.2) is 4.79 Å². The zero-order chi connectivity index (χ0) is 21.3. The number of hydrogen-bond acceptors (Lipinski definition) is 4. The molecule has 5 nitrogen and oxygen atoms in total. The summed E-state index contributed by atoms with van der Waals surface area (Å²) in [5.74, 6) is 0.0985. The standard InChI is InChI=1S/C25H29NO4/c1-16-9-17(2)23(18(3)10-16)24(27)20-11-21-14-29-15-22(12-20)26(21)25(28)30-13-19-7-5-4-6-8-19/h4-10,20-22H,11-15H2,1-3H3. The summed E-state index contributed by atoms with van der Waals surface area (Å²) in [6.45, 7) is 7.22. The van der Waals surface area contributed by atoms with Gasteiger partial charge in [0, 0.05) is 11.5 Å². The Morgan fingerprint density at radius 3 is 2.20 bits per heavy atom. The molecule has 1 amide bonds. The van der Waals surface area contributed by atoms with Crippen molar-refractivity contribution in [3.05, 3.63) is 70.3 Å². The third-order valence-electron chi connectivity index (χ3n) is 6.23. The Morgan fingerprint density at radius 2 is 1.60 bits per heavy atom. The zero-order valence-corrected chi connectivity index (χ0v) is 17.9. The second kappa shape index (κ2) is 8.60. The molecule has 5 heteroatoms. The van der Waals surface area contributed by atoms with Gasteiger partial charge >= 0.3 is 6.09 Å². The molecule has 0 radical (unpaired) electrons. The van der Waals surface area contributed by atoms with Crippen molar-refractivity contribution in [3.8, 4) is 0 Å². The van der Waals surface area contributed by atoms with E-state index < -0.39 is 0 Å². The Bertz CT molecular complexity index is 902. The lowest BCUT2D eigenvalue weighted by atomic mass is 9.79. The molecule has 0 spiro atoms. The van der Waals surface area contributed by atoms with Gasteiger partial charge in [-0.1, -0.05) is 48.0 Å². The molecule has 2 atom stereocenters. The Hall–Kier alpha value is -2.66. The highest BCUT2D eigenvalue weighted by atomic mass is 16.6. The summed E-state index contributed by atoms with van der Waals surface area (Å²) >= 11 is 0. The van der Waals surface area contributed by atoms with Gasteiger partial charge in [0.2, 0.25) is 0 Å². The average molecular weight is 408 g/mol. The van der Waals surface area contributed by atoms with Crippen molar-refractivity contribution in [3.63, 3.8) is 0 Å². The summed E-state index contributed by atoms with van der Waals surface area (Å²) in [4.78, 5) is 28.0. The first-order valence-electron chi connectivity index (χ1n) is 10.6. The van der Waals surface area contributed by atoms with E-state index in [1.807, 2.05) is 49.1 Å². The molecule has 2 bridgehead atoms. The van der Waals surface area contributed by atoms with Crippen LogP contribution in [0.4, 0.5) is 4.79 Å². The molecule has 2 aromatic rings. The van der Waals surface area contributed by atoms with Crippen LogP contribution in [0.1, 0.15) is 45.5 Å². The van der Waals surface area contributed by atoms with E-state index in [1.165, 1.54) is 5.56 Å². The molecular formula is C25H29NO4. The van der Waals surface area contributed by atoms with Crippen LogP contribution in [0, 0.1) is 26.7 Å². The minimum Gasteiger partial charge on any atom is -0.445 e. The van der Waals surface area contributed by atoms with Crippen molar-refractivity contribution < 1.29 is 19.1 Å². The van der Waals surface area contributed by atoms with Crippen molar-refractivity contribution in [1.82, 2.24) is 4.90 Å². The van der Waals surface area contributed by atoms with Crippen molar-refractivity contribution >= 4 is 11.9 Å². The largest absolute Gasteiger partial charge is 0.445 e. The number of morpholine rings is 1. The van der Waals surface area contributed by atoms with E-state index in [1.54, 1.807) is 0 Å². The van der Waals surface area contributed by atoms with Crippen LogP contribution in [-0.2, 0) is 16.1 Å². The van der Waals surface area contributed by atoms with E-state index in [0.717, 1.165) is 22.3 Å². The molecule has 158 valence electrons. The number of ketones is 1. The van der Waals surface area contributed by atoms with Crippen molar-refractivity contribution in [1.29, 1.82) is 0 Å². The fraction of sp³-hybridized carbons (Fsp3) is 0.440. The summed E-state index contributed by atoms with van der Waals surface area (Å²) in [5.41, 5.74) is 5.03. The summed E-state index contributed by atoms with van der Waals surface area (Å²) in [6, 6.07) is 13.6. The van der Waals surface area contributed by atoms with E-state index in [4.69, 9.17) is 9.47 Å². The molecule has 0 aromatic heterocycles. The van der Waals surface area contributed by atoms with Gasteiger partial charge in [-0.3, -0.25) is 9.69 Å². The molecule has 4 rings (SSSR count). The van der Waals surface area contributed by atoms with Crippen LogP contribution in [0.25, 0.3) is 0 Å². The van der Waals surface area contributed by atoms with Crippen LogP contribution >= 0.6 is 0 Å². The normalized spacial score (nSPS) is 23.2. The maximum absolute atomic E-state index is 13.4. The van der Waals surface area contributed by atoms with Gasteiger partial charge in [0.05, 0.1) is 25.3 Å². The Morgan fingerprint density at radius 1 is 1.00 bits per heavy atom. The topological polar surface area (TPSA) is 55.8 Å². The molecule has 2 aliphatic rings. The van der Waals surface area contributed by atoms with Gasteiger partial charge in [0.25, 0.3) is 0 Å². The summed E-state index contributed by atoms with van der Waals surface area (Å²) in [7, 11) is 0. The Kier molecular flexibility index (Phi) is 5.91. The first-order valence-corrected chi connectivity index (χ1v) is 10.6. The number of fused-ring (bicyclic) bond motifs is 2. The molecule has 0 aliphatic carbocycles. The molecule has 2 heterocycles. The van der Waals surface area contributed by atoms with Crippen LogP contribution < -0.4 is 0 Å². The van der Waals surface area contributed by atoms with Gasteiger partial charge in [-0.2, -0.15) is 0 Å². The molecule has 2 aromatic carbocycles. The fourth-order valence-corrected chi connectivity index (χ4v) is 4.99. The second-order valence-corrected chi connectivity index (χ2v) is 8.60. The summed E-state index contributed by atoms with van der Waals surface area (Å²) in [6.07, 6.45) is 0.913. The minimum atomic E-state index is -0.314. The molecule has 0 N–H and O–H groups in total. The highest BCUT2D eigenvalue weighted by Crippen LogP contribution is 2.35. The number of amides is 1. The number of ether oxygens (including phenoxy) is 2. The lowest BCUT2D eigenvalue weighted by molar-refractivity contribution is -0.0755. The highest BCUT2D eigenvalue weighted by Gasteiger charge is 2.44. The lowest BCUT2D eigenvalue weighted by Gasteiger charge is -2.47. The smallest absolute Gasteiger partial charge is 0.410 e. The SMILES string of the molecule is Cc1cc(C)c(C(=O)C2CC3COCC(C2)N3C(=O)OCc2ccccc2)c(C)c1. The van der Waals surface area contributed by atoms with Crippen LogP contribution in [0.2, 0.25) is 0 Å². The van der Waals surface area contributed by atoms with Gasteiger partial charge in [-0.05, 0) is 50.3 Å². The Balaban J connectivity index is 1.47. The molecule has 2 unspecified atom stereocenters. The summed E-state index contributed by atoms with van der Waals surface area (Å²) in [5, 5.41) is 0. The lowest BCUT2D eigenvalue weighted by Crippen LogP contribution is -2.60. The van der Waals surface area contributed by atoms with Crippen molar-refractivity contribution in [2.75, 3.05) is 13.2 Å². The second-order valence-electron chi connectivity index (χ2n) is 8.60. The number of carbonyl (C=O) groups excluding carboxylic acids is 2. The number of aryl methyl sites for hydroxylation is 3. The van der Waals surface area contributed by atoms with E-state index in [9.17, 15) is 9.59 Å². The number of hydrogen-bond donors (Lipinski definition) is 0. The third-order valence-corrected chi connectivity index (χ3v) is 6.23. The molecule has 2 saturated heterocycles. The number of piperidine rings is 1. The van der Waals surface area contributed by atoms with E-state index in [-0.39, 0.29) is 36.5 Å². The van der Waals surface area contributed by atoms with Crippen LogP contribution in [-0.4, -0.2) is 42.1 Å².